The van der Waals surface area contributed by atoms with Crippen molar-refractivity contribution in [2.45, 2.75) is 19.1 Å². The van der Waals surface area contributed by atoms with E-state index in [1.165, 1.54) is 16.7 Å². The van der Waals surface area contributed by atoms with Crippen LogP contribution < -0.4 is 4.31 Å². The SMILES string of the molecule is O=S1(=O)CCc2ccccc2N1Cc1cnc(-c2noc(C(F)(F)F)n2)cn1. The van der Waals surface area contributed by atoms with Crippen LogP contribution in [-0.4, -0.2) is 34.3 Å². The Morgan fingerprint density at radius 1 is 1.14 bits per heavy atom. The Bertz CT molecular complexity index is 1110. The van der Waals surface area contributed by atoms with Crippen LogP contribution in [0.15, 0.2) is 41.2 Å². The minimum Gasteiger partial charge on any atom is -0.329 e. The van der Waals surface area contributed by atoms with Crippen LogP contribution in [0.1, 0.15) is 17.1 Å². The van der Waals surface area contributed by atoms with Gasteiger partial charge in [0.15, 0.2) is 0 Å². The van der Waals surface area contributed by atoms with Crippen LogP contribution in [-0.2, 0) is 29.2 Å². The van der Waals surface area contributed by atoms with E-state index in [1.54, 1.807) is 12.1 Å². The molecular formula is C16H12F3N5O3S. The molecule has 1 aliphatic rings. The first-order chi connectivity index (χ1) is 13.2. The Morgan fingerprint density at radius 2 is 1.93 bits per heavy atom. The van der Waals surface area contributed by atoms with Crippen LogP contribution in [0.4, 0.5) is 18.9 Å². The van der Waals surface area contributed by atoms with Gasteiger partial charge in [0, 0.05) is 0 Å². The Balaban J connectivity index is 1.59. The maximum atomic E-state index is 12.5. The number of aromatic nitrogens is 4. The quantitative estimate of drug-likeness (QED) is 0.652. The van der Waals surface area contributed by atoms with Crippen molar-refractivity contribution in [1.82, 2.24) is 20.1 Å². The molecule has 3 aromatic rings. The predicted molar refractivity (Wildman–Crippen MR) is 90.4 cm³/mol. The fourth-order valence-corrected chi connectivity index (χ4v) is 4.29. The molecule has 0 radical (unpaired) electrons. The third-order valence-corrected chi connectivity index (χ3v) is 5.85. The molecule has 8 nitrogen and oxygen atoms in total. The van der Waals surface area contributed by atoms with Crippen LogP contribution in [0.25, 0.3) is 11.5 Å². The lowest BCUT2D eigenvalue weighted by Crippen LogP contribution is -2.37. The molecule has 146 valence electrons. The lowest BCUT2D eigenvalue weighted by Gasteiger charge is -2.30. The van der Waals surface area contributed by atoms with Crippen LogP contribution in [0.5, 0.6) is 0 Å². The van der Waals surface area contributed by atoms with Crippen molar-refractivity contribution in [1.29, 1.82) is 0 Å². The molecule has 4 rings (SSSR count). The smallest absolute Gasteiger partial charge is 0.329 e. The van der Waals surface area contributed by atoms with Gasteiger partial charge in [0.05, 0.1) is 36.1 Å². The van der Waals surface area contributed by atoms with E-state index in [0.717, 1.165) is 5.56 Å². The molecule has 2 aromatic heterocycles. The Kier molecular flexibility index (Phi) is 4.29. The highest BCUT2D eigenvalue weighted by Crippen LogP contribution is 2.31. The third kappa shape index (κ3) is 3.42. The molecule has 0 spiro atoms. The molecule has 28 heavy (non-hydrogen) atoms. The van der Waals surface area contributed by atoms with Crippen LogP contribution in [0.2, 0.25) is 0 Å². The molecule has 0 fully saturated rings. The van der Waals surface area contributed by atoms with Crippen molar-refractivity contribution in [2.75, 3.05) is 10.1 Å². The van der Waals surface area contributed by atoms with Crippen LogP contribution in [0, 0.1) is 0 Å². The number of halogens is 3. The minimum atomic E-state index is -4.76. The van der Waals surface area contributed by atoms with Gasteiger partial charge in [-0.25, -0.2) is 13.4 Å². The molecule has 12 heteroatoms. The van der Waals surface area contributed by atoms with Gasteiger partial charge >= 0.3 is 12.1 Å². The van der Waals surface area contributed by atoms with Gasteiger partial charge in [-0.15, -0.1) is 0 Å². The summed E-state index contributed by atoms with van der Waals surface area (Å²) < 4.78 is 68.0. The molecule has 0 unspecified atom stereocenters. The van der Waals surface area contributed by atoms with E-state index >= 15 is 0 Å². The van der Waals surface area contributed by atoms with Gasteiger partial charge in [0.25, 0.3) is 0 Å². The van der Waals surface area contributed by atoms with Crippen LogP contribution in [0.3, 0.4) is 0 Å². The second-order valence-electron chi connectivity index (χ2n) is 6.02. The zero-order valence-electron chi connectivity index (χ0n) is 14.1. The van der Waals surface area contributed by atoms with Crippen molar-refractivity contribution in [3.63, 3.8) is 0 Å². The summed E-state index contributed by atoms with van der Waals surface area (Å²) >= 11 is 0. The summed E-state index contributed by atoms with van der Waals surface area (Å²) in [6.07, 6.45) is -1.89. The second kappa shape index (κ2) is 6.55. The van der Waals surface area contributed by atoms with Gasteiger partial charge in [-0.3, -0.25) is 9.29 Å². The number of rotatable bonds is 3. The third-order valence-electron chi connectivity index (χ3n) is 4.13. The van der Waals surface area contributed by atoms with Gasteiger partial charge < -0.3 is 4.52 Å². The summed E-state index contributed by atoms with van der Waals surface area (Å²) in [5, 5.41) is 3.24. The van der Waals surface area contributed by atoms with Crippen molar-refractivity contribution in [3.05, 3.63) is 53.8 Å². The molecule has 0 atom stereocenters. The van der Waals surface area contributed by atoms with E-state index < -0.39 is 22.1 Å². The summed E-state index contributed by atoms with van der Waals surface area (Å²) in [7, 11) is -3.51. The Labute approximate surface area is 157 Å². The molecule has 1 aromatic carbocycles. The first-order valence-electron chi connectivity index (χ1n) is 8.04. The summed E-state index contributed by atoms with van der Waals surface area (Å²) in [5.74, 6) is -1.86. The van der Waals surface area contributed by atoms with E-state index in [4.69, 9.17) is 0 Å². The maximum Gasteiger partial charge on any atom is 0.471 e. The molecule has 3 heterocycles. The molecule has 0 amide bonds. The number of alkyl halides is 3. The summed E-state index contributed by atoms with van der Waals surface area (Å²) in [6.45, 7) is -0.0489. The highest BCUT2D eigenvalue weighted by molar-refractivity contribution is 7.92. The highest BCUT2D eigenvalue weighted by Gasteiger charge is 2.38. The fraction of sp³-hybridized carbons (Fsp3) is 0.250. The fourth-order valence-electron chi connectivity index (χ4n) is 2.79. The zero-order valence-corrected chi connectivity index (χ0v) is 14.9. The maximum absolute atomic E-state index is 12.5. The second-order valence-corrected chi connectivity index (χ2v) is 8.03. The van der Waals surface area contributed by atoms with E-state index in [1.807, 2.05) is 12.1 Å². The van der Waals surface area contributed by atoms with Crippen molar-refractivity contribution >= 4 is 15.7 Å². The number of fused-ring (bicyclic) bond motifs is 1. The van der Waals surface area contributed by atoms with Gasteiger partial charge in [0.2, 0.25) is 15.8 Å². The number of hydrogen-bond donors (Lipinski definition) is 0. The zero-order chi connectivity index (χ0) is 19.9. The molecule has 0 bridgehead atoms. The number of aryl methyl sites for hydroxylation is 1. The van der Waals surface area contributed by atoms with Gasteiger partial charge in [-0.2, -0.15) is 18.2 Å². The molecule has 0 N–H and O–H groups in total. The van der Waals surface area contributed by atoms with Gasteiger partial charge in [-0.1, -0.05) is 23.4 Å². The molecule has 0 saturated carbocycles. The van der Waals surface area contributed by atoms with Crippen molar-refractivity contribution < 1.29 is 26.1 Å². The van der Waals surface area contributed by atoms with Crippen molar-refractivity contribution in [2.24, 2.45) is 0 Å². The van der Waals surface area contributed by atoms with E-state index in [2.05, 4.69) is 24.6 Å². The molecular weight excluding hydrogens is 399 g/mol. The predicted octanol–water partition coefficient (Wildman–Crippen LogP) is 2.44. The minimum absolute atomic E-state index is 0.0153. The van der Waals surface area contributed by atoms with Gasteiger partial charge in [0.1, 0.15) is 5.69 Å². The lowest BCUT2D eigenvalue weighted by molar-refractivity contribution is -0.159. The first kappa shape index (κ1) is 18.3. The molecule has 0 saturated heterocycles. The lowest BCUT2D eigenvalue weighted by atomic mass is 10.1. The molecule has 1 aliphatic heterocycles. The number of nitrogens with zero attached hydrogens (tertiary/aromatic N) is 5. The van der Waals surface area contributed by atoms with Crippen LogP contribution >= 0.6 is 0 Å². The monoisotopic (exact) mass is 411 g/mol. The topological polar surface area (TPSA) is 102 Å². The summed E-state index contributed by atoms with van der Waals surface area (Å²) in [5.41, 5.74) is 1.79. The number of sulfonamides is 1. The summed E-state index contributed by atoms with van der Waals surface area (Å²) in [6, 6.07) is 7.16. The Hall–Kier alpha value is -3.02. The standard InChI is InChI=1S/C16H12F3N5O3S/c17-16(18,19)15-22-14(23-27-15)12-8-20-11(7-21-12)9-24-13-4-2-1-3-10(13)5-6-28(24,25)26/h1-4,7-8H,5-6,9H2. The van der Waals surface area contributed by atoms with Crippen molar-refractivity contribution in [3.8, 4) is 11.5 Å². The number of anilines is 1. The Morgan fingerprint density at radius 3 is 2.61 bits per heavy atom. The largest absolute Gasteiger partial charge is 0.471 e. The normalized spacial score (nSPS) is 16.0. The highest BCUT2D eigenvalue weighted by atomic mass is 32.2. The van der Waals surface area contributed by atoms with Gasteiger partial charge in [-0.05, 0) is 18.1 Å². The number of para-hydroxylation sites is 1. The van der Waals surface area contributed by atoms with E-state index in [0.29, 0.717) is 17.8 Å². The van der Waals surface area contributed by atoms with E-state index in [-0.39, 0.29) is 23.8 Å². The average molecular weight is 411 g/mol. The summed E-state index contributed by atoms with van der Waals surface area (Å²) in [4.78, 5) is 11.3. The number of benzene rings is 1. The first-order valence-corrected chi connectivity index (χ1v) is 9.65. The molecule has 0 aliphatic carbocycles. The van der Waals surface area contributed by atoms with E-state index in [9.17, 15) is 21.6 Å². The number of hydrogen-bond acceptors (Lipinski definition) is 7. The average Bonchev–Trinajstić information content (AvgIpc) is 3.15.